The summed E-state index contributed by atoms with van der Waals surface area (Å²) in [5.74, 6) is 0. The van der Waals surface area contributed by atoms with Crippen molar-refractivity contribution in [3.63, 3.8) is 0 Å². The van der Waals surface area contributed by atoms with E-state index in [2.05, 4.69) is 35.8 Å². The molecule has 4 heterocycles. The topological polar surface area (TPSA) is 56.6 Å². The molecule has 142 valence electrons. The highest BCUT2D eigenvalue weighted by atomic mass is 16.6. The Morgan fingerprint density at radius 2 is 0.923 bits per heavy atom. The molecule has 6 heteroatoms. The molecule has 6 nitrogen and oxygen atoms in total. The fourth-order valence-electron chi connectivity index (χ4n) is 3.69. The molecule has 0 saturated carbocycles. The highest BCUT2D eigenvalue weighted by Gasteiger charge is 2.33. The van der Waals surface area contributed by atoms with Gasteiger partial charge >= 0.3 is 0 Å². The van der Waals surface area contributed by atoms with Gasteiger partial charge in [0.25, 0.3) is 0 Å². The zero-order valence-corrected chi connectivity index (χ0v) is 15.6. The average molecular weight is 360 g/mol. The van der Waals surface area contributed by atoms with Crippen molar-refractivity contribution in [1.29, 1.82) is 0 Å². The Balaban J connectivity index is 1.38. The number of benzene rings is 1. The van der Waals surface area contributed by atoms with Crippen molar-refractivity contribution in [3.8, 4) is 0 Å². The molecule has 4 fully saturated rings. The summed E-state index contributed by atoms with van der Waals surface area (Å²) in [5, 5.41) is 0. The van der Waals surface area contributed by atoms with Crippen LogP contribution in [-0.4, -0.2) is 77.0 Å². The van der Waals surface area contributed by atoms with Crippen molar-refractivity contribution in [2.24, 2.45) is 0 Å². The second kappa shape index (κ2) is 6.68. The van der Waals surface area contributed by atoms with Crippen LogP contribution in [0.3, 0.4) is 0 Å². The number of ether oxygens (including phenoxy) is 4. The molecule has 0 bridgehead atoms. The molecule has 0 N–H and O–H groups in total. The molecule has 0 amide bonds. The summed E-state index contributed by atoms with van der Waals surface area (Å²) >= 11 is 0. The van der Waals surface area contributed by atoms with Crippen molar-refractivity contribution in [3.05, 3.63) is 23.3 Å². The van der Waals surface area contributed by atoms with Gasteiger partial charge in [0, 0.05) is 37.6 Å². The summed E-state index contributed by atoms with van der Waals surface area (Å²) in [6.45, 7) is 11.8. The Hall–Kier alpha value is -1.34. The van der Waals surface area contributed by atoms with E-state index >= 15 is 0 Å². The van der Waals surface area contributed by atoms with Crippen LogP contribution in [-0.2, 0) is 18.9 Å². The van der Waals surface area contributed by atoms with Gasteiger partial charge in [-0.2, -0.15) is 0 Å². The summed E-state index contributed by atoms with van der Waals surface area (Å²) in [5.41, 5.74) is 5.24. The first-order valence-electron chi connectivity index (χ1n) is 9.73. The number of hydrogen-bond acceptors (Lipinski definition) is 6. The molecule has 4 unspecified atom stereocenters. The summed E-state index contributed by atoms with van der Waals surface area (Å²) in [6.07, 6.45) is 1.51. The summed E-state index contributed by atoms with van der Waals surface area (Å²) in [7, 11) is 0. The van der Waals surface area contributed by atoms with E-state index in [1.807, 2.05) is 0 Å². The minimum atomic E-state index is 0.378. The lowest BCUT2D eigenvalue weighted by Gasteiger charge is -2.30. The molecular formula is C20H28N2O4. The zero-order chi connectivity index (χ0) is 17.7. The first kappa shape index (κ1) is 16.8. The van der Waals surface area contributed by atoms with Crippen LogP contribution < -0.4 is 9.80 Å². The molecule has 0 aromatic heterocycles. The molecule has 5 rings (SSSR count). The van der Waals surface area contributed by atoms with Crippen LogP contribution in [0.4, 0.5) is 11.4 Å². The van der Waals surface area contributed by atoms with E-state index < -0.39 is 0 Å². The molecule has 1 aromatic carbocycles. The number of aryl methyl sites for hydroxylation is 2. The Morgan fingerprint density at radius 1 is 0.654 bits per heavy atom. The number of nitrogens with zero attached hydrogens (tertiary/aromatic N) is 2. The standard InChI is InChI=1S/C20H28N2O4/c1-13-3-20(22(7-17-11-25-17)8-18-12-26-18)14(2)4-19(13)21(5-15-9-23-15)6-16-10-24-16/h3-4,15-18H,5-12H2,1-2H3. The third-order valence-corrected chi connectivity index (χ3v) is 5.50. The molecule has 0 radical (unpaired) electrons. The van der Waals surface area contributed by atoms with Crippen LogP contribution in [0.25, 0.3) is 0 Å². The van der Waals surface area contributed by atoms with Gasteiger partial charge in [0.1, 0.15) is 0 Å². The maximum absolute atomic E-state index is 5.48. The van der Waals surface area contributed by atoms with Gasteiger partial charge < -0.3 is 28.7 Å². The van der Waals surface area contributed by atoms with Gasteiger partial charge in [-0.1, -0.05) is 0 Å². The third kappa shape index (κ3) is 4.14. The summed E-state index contributed by atoms with van der Waals surface area (Å²) in [6, 6.07) is 4.67. The van der Waals surface area contributed by atoms with E-state index in [4.69, 9.17) is 18.9 Å². The number of anilines is 2. The van der Waals surface area contributed by atoms with Crippen LogP contribution in [0.15, 0.2) is 12.1 Å². The molecule has 4 atom stereocenters. The molecule has 0 spiro atoms. The number of hydrogen-bond donors (Lipinski definition) is 0. The first-order valence-corrected chi connectivity index (χ1v) is 9.73. The van der Waals surface area contributed by atoms with Crippen LogP contribution in [0.2, 0.25) is 0 Å². The van der Waals surface area contributed by atoms with Crippen molar-refractivity contribution in [1.82, 2.24) is 0 Å². The largest absolute Gasteiger partial charge is 0.371 e. The molecule has 4 aliphatic heterocycles. The lowest BCUT2D eigenvalue weighted by Crippen LogP contribution is -2.34. The molecular weight excluding hydrogens is 332 g/mol. The lowest BCUT2D eigenvalue weighted by atomic mass is 10.0. The van der Waals surface area contributed by atoms with Gasteiger partial charge in [-0.3, -0.25) is 0 Å². The van der Waals surface area contributed by atoms with Gasteiger partial charge in [0.2, 0.25) is 0 Å². The Labute approximate surface area is 154 Å². The van der Waals surface area contributed by atoms with Gasteiger partial charge in [-0.25, -0.2) is 0 Å². The van der Waals surface area contributed by atoms with Crippen LogP contribution >= 0.6 is 0 Å². The van der Waals surface area contributed by atoms with Gasteiger partial charge in [-0.15, -0.1) is 0 Å². The minimum absolute atomic E-state index is 0.378. The van der Waals surface area contributed by atoms with E-state index in [1.165, 1.54) is 22.5 Å². The zero-order valence-electron chi connectivity index (χ0n) is 15.6. The van der Waals surface area contributed by atoms with Gasteiger partial charge in [-0.05, 0) is 37.1 Å². The number of rotatable bonds is 10. The van der Waals surface area contributed by atoms with E-state index in [0.717, 1.165) is 52.6 Å². The van der Waals surface area contributed by atoms with Crippen molar-refractivity contribution in [2.75, 3.05) is 62.4 Å². The quantitative estimate of drug-likeness (QED) is 0.590. The van der Waals surface area contributed by atoms with Crippen LogP contribution in [0.1, 0.15) is 11.1 Å². The minimum Gasteiger partial charge on any atom is -0.371 e. The maximum atomic E-state index is 5.48. The summed E-state index contributed by atoms with van der Waals surface area (Å²) < 4.78 is 21.9. The lowest BCUT2D eigenvalue weighted by molar-refractivity contribution is 0.388. The molecule has 26 heavy (non-hydrogen) atoms. The van der Waals surface area contributed by atoms with Crippen molar-refractivity contribution in [2.45, 2.75) is 38.3 Å². The second-order valence-electron chi connectivity index (χ2n) is 8.06. The van der Waals surface area contributed by atoms with E-state index in [-0.39, 0.29) is 0 Å². The highest BCUT2D eigenvalue weighted by molar-refractivity contribution is 5.66. The van der Waals surface area contributed by atoms with E-state index in [9.17, 15) is 0 Å². The van der Waals surface area contributed by atoms with E-state index in [0.29, 0.717) is 24.4 Å². The predicted molar refractivity (Wildman–Crippen MR) is 99.3 cm³/mol. The highest BCUT2D eigenvalue weighted by Crippen LogP contribution is 2.33. The third-order valence-electron chi connectivity index (χ3n) is 5.50. The Kier molecular flexibility index (Phi) is 4.32. The van der Waals surface area contributed by atoms with Crippen molar-refractivity contribution < 1.29 is 18.9 Å². The fraction of sp³-hybridized carbons (Fsp3) is 0.700. The normalized spacial score (nSPS) is 30.8. The van der Waals surface area contributed by atoms with E-state index in [1.54, 1.807) is 0 Å². The van der Waals surface area contributed by atoms with Crippen LogP contribution in [0, 0.1) is 13.8 Å². The Bertz CT molecular complexity index is 580. The molecule has 4 saturated heterocycles. The molecule has 4 aliphatic rings. The number of epoxide rings is 4. The van der Waals surface area contributed by atoms with Gasteiger partial charge in [0.05, 0.1) is 50.8 Å². The molecule has 1 aromatic rings. The first-order chi connectivity index (χ1) is 12.7. The average Bonchev–Trinajstić information content (AvgIpc) is 3.44. The smallest absolute Gasteiger partial charge is 0.0984 e. The SMILES string of the molecule is Cc1cc(N(CC2CO2)CC2CO2)c(C)cc1N(CC1CO1)CC1CO1. The second-order valence-corrected chi connectivity index (χ2v) is 8.06. The Morgan fingerprint density at radius 3 is 1.15 bits per heavy atom. The van der Waals surface area contributed by atoms with Gasteiger partial charge in [0.15, 0.2) is 0 Å². The van der Waals surface area contributed by atoms with Crippen LogP contribution in [0.5, 0.6) is 0 Å². The fourth-order valence-corrected chi connectivity index (χ4v) is 3.69. The van der Waals surface area contributed by atoms with Crippen molar-refractivity contribution >= 4 is 11.4 Å². The molecule has 0 aliphatic carbocycles. The maximum Gasteiger partial charge on any atom is 0.0984 e. The summed E-state index contributed by atoms with van der Waals surface area (Å²) in [4.78, 5) is 4.89. The predicted octanol–water partition coefficient (Wildman–Crippen LogP) is 1.51. The monoisotopic (exact) mass is 360 g/mol.